The second-order valence-electron chi connectivity index (χ2n) is 9.24. The van der Waals surface area contributed by atoms with E-state index in [1.165, 1.54) is 36.6 Å². The molecule has 0 radical (unpaired) electrons. The zero-order chi connectivity index (χ0) is 26.1. The van der Waals surface area contributed by atoms with Gasteiger partial charge in [0.25, 0.3) is 0 Å². The van der Waals surface area contributed by atoms with Crippen molar-refractivity contribution in [2.45, 2.75) is 63.6 Å². The van der Waals surface area contributed by atoms with E-state index in [2.05, 4.69) is 11.4 Å². The molecule has 12 heteroatoms. The van der Waals surface area contributed by atoms with E-state index in [1.807, 2.05) is 6.92 Å². The van der Waals surface area contributed by atoms with E-state index in [9.17, 15) is 23.3 Å². The molecule has 0 spiro atoms. The number of nitriles is 1. The van der Waals surface area contributed by atoms with Crippen molar-refractivity contribution in [2.75, 3.05) is 12.4 Å². The van der Waals surface area contributed by atoms with Crippen molar-refractivity contribution in [3.05, 3.63) is 39.8 Å². The van der Waals surface area contributed by atoms with Crippen molar-refractivity contribution in [3.8, 4) is 11.8 Å². The number of methoxy groups -OCH3 is 1. The molecule has 188 valence electrons. The molecule has 2 aromatic rings. The fourth-order valence-electron chi connectivity index (χ4n) is 3.73. The van der Waals surface area contributed by atoms with Gasteiger partial charge in [0, 0.05) is 22.9 Å². The van der Waals surface area contributed by atoms with Crippen LogP contribution in [0.4, 0.5) is 9.80 Å². The third-order valence-electron chi connectivity index (χ3n) is 5.32. The van der Waals surface area contributed by atoms with Crippen LogP contribution < -0.4 is 15.2 Å². The monoisotopic (exact) mass is 520 g/mol. The van der Waals surface area contributed by atoms with Gasteiger partial charge >= 0.3 is 6.09 Å². The molecule has 3 N–H and O–H groups in total. The molecule has 1 aliphatic rings. The van der Waals surface area contributed by atoms with E-state index in [0.29, 0.717) is 28.1 Å². The third-order valence-corrected chi connectivity index (χ3v) is 7.44. The zero-order valence-electron chi connectivity index (χ0n) is 20.2. The summed E-state index contributed by atoms with van der Waals surface area (Å²) in [7, 11) is -2.66. The van der Waals surface area contributed by atoms with E-state index in [4.69, 9.17) is 14.6 Å². The fourth-order valence-corrected chi connectivity index (χ4v) is 5.71. The molecule has 0 bridgehead atoms. The Bertz CT molecular complexity index is 1300. The van der Waals surface area contributed by atoms with Gasteiger partial charge in [-0.3, -0.25) is 4.79 Å². The van der Waals surface area contributed by atoms with Gasteiger partial charge in [0.05, 0.1) is 25.6 Å². The summed E-state index contributed by atoms with van der Waals surface area (Å²) in [6.07, 6.45) is 0.0127. The molecule has 10 nitrogen and oxygen atoms in total. The summed E-state index contributed by atoms with van der Waals surface area (Å²) < 4.78 is 33.9. The van der Waals surface area contributed by atoms with Crippen LogP contribution in [0.1, 0.15) is 49.3 Å². The number of carbonyl (C=O) groups is 2. The summed E-state index contributed by atoms with van der Waals surface area (Å²) in [5.41, 5.74) is 0.895. The molecule has 1 aromatic heterocycles. The second kappa shape index (κ2) is 9.85. The van der Waals surface area contributed by atoms with E-state index < -0.39 is 21.7 Å². The molecule has 0 aliphatic carbocycles. The SMILES string of the molecule is COc1cc(CC(=O)Nc2sc3c(c2C#N)CN(C(=O)OC(C)(C)C)C(C)C3)ccc1S(N)(=O)=O. The first-order chi connectivity index (χ1) is 16.2. The van der Waals surface area contributed by atoms with Gasteiger partial charge in [-0.1, -0.05) is 6.07 Å². The molecule has 2 amide bonds. The van der Waals surface area contributed by atoms with E-state index in [0.717, 1.165) is 4.88 Å². The quantitative estimate of drug-likeness (QED) is 0.614. The first-order valence-corrected chi connectivity index (χ1v) is 13.1. The van der Waals surface area contributed by atoms with E-state index >= 15 is 0 Å². The number of nitrogens with one attached hydrogen (secondary N) is 1. The fraction of sp³-hybridized carbons (Fsp3) is 0.435. The number of amides is 2. The number of anilines is 1. The van der Waals surface area contributed by atoms with Crippen LogP contribution in [-0.2, 0) is 38.9 Å². The average Bonchev–Trinajstić information content (AvgIpc) is 3.06. The number of nitrogens with zero attached hydrogens (tertiary/aromatic N) is 2. The number of fused-ring (bicyclic) bond motifs is 1. The van der Waals surface area contributed by atoms with Gasteiger partial charge in [0.2, 0.25) is 15.9 Å². The molecule has 3 rings (SSSR count). The number of primary sulfonamides is 1. The summed E-state index contributed by atoms with van der Waals surface area (Å²) >= 11 is 1.32. The lowest BCUT2D eigenvalue weighted by molar-refractivity contribution is -0.115. The lowest BCUT2D eigenvalue weighted by Gasteiger charge is -2.34. The maximum atomic E-state index is 12.8. The Kier molecular flexibility index (Phi) is 7.45. The standard InChI is InChI=1S/C23H28N4O6S2/c1-13-8-18-16(12-27(13)22(29)33-23(2,3)4)15(11-24)21(34-18)26-20(28)10-14-6-7-19(35(25,30)31)17(9-14)32-5/h6-7,9,13H,8,10,12H2,1-5H3,(H,26,28)(H2,25,30,31). The van der Waals surface area contributed by atoms with Gasteiger partial charge in [0.1, 0.15) is 27.3 Å². The molecule has 35 heavy (non-hydrogen) atoms. The summed E-state index contributed by atoms with van der Waals surface area (Å²) in [5.74, 6) is -0.346. The lowest BCUT2D eigenvalue weighted by Crippen LogP contribution is -2.44. The van der Waals surface area contributed by atoms with Crippen LogP contribution in [0.2, 0.25) is 0 Å². The van der Waals surface area contributed by atoms with Crippen LogP contribution >= 0.6 is 11.3 Å². The van der Waals surface area contributed by atoms with Crippen LogP contribution in [-0.4, -0.2) is 44.1 Å². The van der Waals surface area contributed by atoms with Crippen LogP contribution in [0.3, 0.4) is 0 Å². The number of benzene rings is 1. The highest BCUT2D eigenvalue weighted by Gasteiger charge is 2.34. The van der Waals surface area contributed by atoms with Gasteiger partial charge in [-0.15, -0.1) is 11.3 Å². The van der Waals surface area contributed by atoms with Gasteiger partial charge in [-0.05, 0) is 45.4 Å². The zero-order valence-corrected chi connectivity index (χ0v) is 21.8. The maximum Gasteiger partial charge on any atom is 0.410 e. The summed E-state index contributed by atoms with van der Waals surface area (Å²) in [5, 5.41) is 18.2. The van der Waals surface area contributed by atoms with Crippen molar-refractivity contribution in [2.24, 2.45) is 5.14 Å². The van der Waals surface area contributed by atoms with Gasteiger partial charge in [0.15, 0.2) is 0 Å². The Labute approximate surface area is 208 Å². The lowest BCUT2D eigenvalue weighted by atomic mass is 10.0. The Morgan fingerprint density at radius 2 is 2.03 bits per heavy atom. The summed E-state index contributed by atoms with van der Waals surface area (Å²) in [4.78, 5) is 27.8. The number of ether oxygens (including phenoxy) is 2. The molecule has 1 aliphatic heterocycles. The number of carbonyl (C=O) groups excluding carboxylic acids is 2. The number of hydrogen-bond acceptors (Lipinski definition) is 8. The molecule has 2 heterocycles. The minimum absolute atomic E-state index is 0.0401. The second-order valence-corrected chi connectivity index (χ2v) is 11.9. The minimum Gasteiger partial charge on any atom is -0.495 e. The molecule has 1 atom stereocenters. The first-order valence-electron chi connectivity index (χ1n) is 10.8. The summed E-state index contributed by atoms with van der Waals surface area (Å²) in [6.45, 7) is 7.51. The largest absolute Gasteiger partial charge is 0.495 e. The normalized spacial score (nSPS) is 15.7. The van der Waals surface area contributed by atoms with E-state index in [-0.39, 0.29) is 35.6 Å². The predicted octanol–water partition coefficient (Wildman–Crippen LogP) is 3.14. The molecule has 0 saturated heterocycles. The van der Waals surface area contributed by atoms with E-state index in [1.54, 1.807) is 25.7 Å². The average molecular weight is 521 g/mol. The van der Waals surface area contributed by atoms with Crippen LogP contribution in [0.25, 0.3) is 0 Å². The minimum atomic E-state index is -3.97. The third kappa shape index (κ3) is 6.11. The van der Waals surface area contributed by atoms with Crippen molar-refractivity contribution in [3.63, 3.8) is 0 Å². The van der Waals surface area contributed by atoms with Gasteiger partial charge < -0.3 is 19.7 Å². The van der Waals surface area contributed by atoms with Crippen molar-refractivity contribution in [1.29, 1.82) is 5.26 Å². The van der Waals surface area contributed by atoms with Crippen LogP contribution in [0.5, 0.6) is 5.75 Å². The van der Waals surface area contributed by atoms with Crippen molar-refractivity contribution in [1.82, 2.24) is 4.90 Å². The number of nitrogens with two attached hydrogens (primary N) is 1. The maximum absolute atomic E-state index is 12.8. The van der Waals surface area contributed by atoms with Crippen molar-refractivity contribution >= 4 is 38.4 Å². The highest BCUT2D eigenvalue weighted by molar-refractivity contribution is 7.89. The molecule has 0 fully saturated rings. The van der Waals surface area contributed by atoms with Gasteiger partial charge in [-0.2, -0.15) is 5.26 Å². The smallest absolute Gasteiger partial charge is 0.410 e. The van der Waals surface area contributed by atoms with Gasteiger partial charge in [-0.25, -0.2) is 18.4 Å². The molecular formula is C23H28N4O6S2. The molecule has 1 aromatic carbocycles. The van der Waals surface area contributed by atoms with Crippen LogP contribution in [0, 0.1) is 11.3 Å². The topological polar surface area (TPSA) is 152 Å². The Balaban J connectivity index is 1.80. The number of hydrogen-bond donors (Lipinski definition) is 2. The predicted molar refractivity (Wildman–Crippen MR) is 131 cm³/mol. The highest BCUT2D eigenvalue weighted by Crippen LogP contribution is 2.38. The molecular weight excluding hydrogens is 492 g/mol. The number of rotatable bonds is 5. The Hall–Kier alpha value is -3.14. The number of sulfonamides is 1. The van der Waals surface area contributed by atoms with Crippen molar-refractivity contribution < 1.29 is 27.5 Å². The molecule has 0 saturated carbocycles. The Morgan fingerprint density at radius 1 is 1.34 bits per heavy atom. The summed E-state index contributed by atoms with van der Waals surface area (Å²) in [6, 6.07) is 6.23. The number of thiophene rings is 1. The first kappa shape index (κ1) is 26.5. The molecule has 1 unspecified atom stereocenters. The Morgan fingerprint density at radius 3 is 2.60 bits per heavy atom. The van der Waals surface area contributed by atoms with Crippen LogP contribution in [0.15, 0.2) is 23.1 Å². The highest BCUT2D eigenvalue weighted by atomic mass is 32.2.